The highest BCUT2D eigenvalue weighted by atomic mass is 16.2. The zero-order valence-corrected chi connectivity index (χ0v) is 13.5. The molecule has 0 spiro atoms. The first kappa shape index (κ1) is 15.6. The van der Waals surface area contributed by atoms with Crippen molar-refractivity contribution >= 4 is 5.91 Å². The number of carbonyl (C=O) groups excluding carboxylic acids is 1. The lowest BCUT2D eigenvalue weighted by Gasteiger charge is -2.24. The van der Waals surface area contributed by atoms with Gasteiger partial charge in [0.15, 0.2) is 5.69 Å². The predicted octanol–water partition coefficient (Wildman–Crippen LogP) is 1.43. The van der Waals surface area contributed by atoms with Gasteiger partial charge in [-0.25, -0.2) is 4.68 Å². The van der Waals surface area contributed by atoms with E-state index in [0.29, 0.717) is 11.7 Å². The standard InChI is InChI=1S/C16H22N6O/c1-12(13-3-7-17-8-4-13)21(2)16(23)15-11-22(20-19-15)14-5-9-18-10-6-14/h3-4,7-8,11-12,14,18H,5-6,9-10H2,1-2H3. The van der Waals surface area contributed by atoms with Crippen LogP contribution in [-0.2, 0) is 0 Å². The van der Waals surface area contributed by atoms with Gasteiger partial charge in [0.05, 0.1) is 18.3 Å². The highest BCUT2D eigenvalue weighted by Crippen LogP contribution is 2.21. The highest BCUT2D eigenvalue weighted by Gasteiger charge is 2.23. The maximum atomic E-state index is 12.6. The summed E-state index contributed by atoms with van der Waals surface area (Å²) in [4.78, 5) is 18.3. The zero-order chi connectivity index (χ0) is 16.2. The third-order valence-corrected chi connectivity index (χ3v) is 4.50. The lowest BCUT2D eigenvalue weighted by Crippen LogP contribution is -2.30. The molecule has 1 unspecified atom stereocenters. The van der Waals surface area contributed by atoms with Crippen molar-refractivity contribution in [2.45, 2.75) is 31.8 Å². The van der Waals surface area contributed by atoms with Crippen LogP contribution in [0.5, 0.6) is 0 Å². The molecule has 0 radical (unpaired) electrons. The van der Waals surface area contributed by atoms with E-state index in [9.17, 15) is 4.79 Å². The molecule has 1 saturated heterocycles. The number of piperidine rings is 1. The third-order valence-electron chi connectivity index (χ3n) is 4.50. The fraction of sp³-hybridized carbons (Fsp3) is 0.500. The molecule has 1 fully saturated rings. The second-order valence-corrected chi connectivity index (χ2v) is 5.94. The molecule has 7 nitrogen and oxygen atoms in total. The number of aromatic nitrogens is 4. The number of carbonyl (C=O) groups is 1. The molecule has 3 heterocycles. The van der Waals surface area contributed by atoms with Gasteiger partial charge in [-0.15, -0.1) is 5.10 Å². The average Bonchev–Trinajstić information content (AvgIpc) is 3.11. The van der Waals surface area contributed by atoms with E-state index < -0.39 is 0 Å². The summed E-state index contributed by atoms with van der Waals surface area (Å²) >= 11 is 0. The maximum Gasteiger partial charge on any atom is 0.276 e. The van der Waals surface area contributed by atoms with Crippen LogP contribution >= 0.6 is 0 Å². The Morgan fingerprint density at radius 3 is 2.74 bits per heavy atom. The molecule has 1 aliphatic rings. The second kappa shape index (κ2) is 6.87. The first-order chi connectivity index (χ1) is 11.2. The summed E-state index contributed by atoms with van der Waals surface area (Å²) in [5.41, 5.74) is 1.44. The summed E-state index contributed by atoms with van der Waals surface area (Å²) in [6, 6.07) is 4.11. The number of amides is 1. The van der Waals surface area contributed by atoms with E-state index in [0.717, 1.165) is 31.5 Å². The summed E-state index contributed by atoms with van der Waals surface area (Å²) < 4.78 is 1.83. The first-order valence-electron chi connectivity index (χ1n) is 7.96. The Morgan fingerprint density at radius 2 is 2.04 bits per heavy atom. The number of hydrogen-bond acceptors (Lipinski definition) is 5. The van der Waals surface area contributed by atoms with Crippen LogP contribution in [0.3, 0.4) is 0 Å². The lowest BCUT2D eigenvalue weighted by atomic mass is 10.1. The summed E-state index contributed by atoms with van der Waals surface area (Å²) in [5, 5.41) is 11.6. The molecule has 23 heavy (non-hydrogen) atoms. The lowest BCUT2D eigenvalue weighted by molar-refractivity contribution is 0.0736. The van der Waals surface area contributed by atoms with Gasteiger partial charge in [0.1, 0.15) is 0 Å². The van der Waals surface area contributed by atoms with Crippen LogP contribution in [0, 0.1) is 0 Å². The van der Waals surface area contributed by atoms with Crippen molar-refractivity contribution in [1.29, 1.82) is 0 Å². The minimum absolute atomic E-state index is 0.0467. The smallest absolute Gasteiger partial charge is 0.276 e. The third kappa shape index (κ3) is 3.39. The van der Waals surface area contributed by atoms with Crippen LogP contribution in [0.15, 0.2) is 30.7 Å². The molecule has 1 amide bonds. The van der Waals surface area contributed by atoms with Gasteiger partial charge < -0.3 is 10.2 Å². The Kier molecular flexibility index (Phi) is 4.66. The van der Waals surface area contributed by atoms with Gasteiger partial charge in [-0.3, -0.25) is 9.78 Å². The predicted molar refractivity (Wildman–Crippen MR) is 85.9 cm³/mol. The Bertz CT molecular complexity index is 650. The number of rotatable bonds is 4. The van der Waals surface area contributed by atoms with Crippen molar-refractivity contribution in [1.82, 2.24) is 30.2 Å². The monoisotopic (exact) mass is 314 g/mol. The van der Waals surface area contributed by atoms with E-state index >= 15 is 0 Å². The summed E-state index contributed by atoms with van der Waals surface area (Å²) in [6.07, 6.45) is 7.27. The average molecular weight is 314 g/mol. The molecule has 2 aromatic rings. The summed E-state index contributed by atoms with van der Waals surface area (Å²) in [7, 11) is 1.79. The van der Waals surface area contributed by atoms with E-state index in [1.807, 2.05) is 23.7 Å². The van der Waals surface area contributed by atoms with E-state index in [1.54, 1.807) is 30.5 Å². The van der Waals surface area contributed by atoms with Gasteiger partial charge in [-0.1, -0.05) is 5.21 Å². The Morgan fingerprint density at radius 1 is 1.35 bits per heavy atom. The number of hydrogen-bond donors (Lipinski definition) is 1. The molecule has 0 bridgehead atoms. The van der Waals surface area contributed by atoms with E-state index in [-0.39, 0.29) is 11.9 Å². The van der Waals surface area contributed by atoms with Crippen molar-refractivity contribution in [3.8, 4) is 0 Å². The molecule has 2 aromatic heterocycles. The minimum atomic E-state index is -0.116. The molecule has 7 heteroatoms. The zero-order valence-electron chi connectivity index (χ0n) is 13.5. The van der Waals surface area contributed by atoms with Gasteiger partial charge in [0.2, 0.25) is 0 Å². The molecular weight excluding hydrogens is 292 g/mol. The van der Waals surface area contributed by atoms with Gasteiger partial charge in [0.25, 0.3) is 5.91 Å². The van der Waals surface area contributed by atoms with Crippen LogP contribution < -0.4 is 5.32 Å². The topological polar surface area (TPSA) is 75.9 Å². The van der Waals surface area contributed by atoms with Gasteiger partial charge in [0, 0.05) is 19.4 Å². The molecule has 0 aromatic carbocycles. The molecule has 1 atom stereocenters. The molecule has 122 valence electrons. The highest BCUT2D eigenvalue weighted by molar-refractivity contribution is 5.92. The van der Waals surface area contributed by atoms with Crippen LogP contribution in [-0.4, -0.2) is 50.9 Å². The van der Waals surface area contributed by atoms with Crippen molar-refractivity contribution < 1.29 is 4.79 Å². The van der Waals surface area contributed by atoms with Gasteiger partial charge in [-0.2, -0.15) is 0 Å². The van der Waals surface area contributed by atoms with Crippen molar-refractivity contribution in [3.63, 3.8) is 0 Å². The number of nitrogens with one attached hydrogen (secondary N) is 1. The fourth-order valence-corrected chi connectivity index (χ4v) is 2.85. The number of nitrogens with zero attached hydrogens (tertiary/aromatic N) is 5. The van der Waals surface area contributed by atoms with Crippen LogP contribution in [0.4, 0.5) is 0 Å². The molecule has 1 aliphatic heterocycles. The van der Waals surface area contributed by atoms with E-state index in [1.165, 1.54) is 0 Å². The second-order valence-electron chi connectivity index (χ2n) is 5.94. The summed E-state index contributed by atoms with van der Waals surface area (Å²) in [6.45, 7) is 3.95. The largest absolute Gasteiger partial charge is 0.334 e. The Hall–Kier alpha value is -2.28. The number of pyridine rings is 1. The minimum Gasteiger partial charge on any atom is -0.334 e. The normalized spacial score (nSPS) is 17.0. The maximum absolute atomic E-state index is 12.6. The van der Waals surface area contributed by atoms with Gasteiger partial charge >= 0.3 is 0 Å². The Balaban J connectivity index is 1.71. The quantitative estimate of drug-likeness (QED) is 0.924. The van der Waals surface area contributed by atoms with Crippen molar-refractivity contribution in [3.05, 3.63) is 42.0 Å². The molecule has 3 rings (SSSR count). The molecule has 1 N–H and O–H groups in total. The van der Waals surface area contributed by atoms with E-state index in [4.69, 9.17) is 0 Å². The first-order valence-corrected chi connectivity index (χ1v) is 7.96. The SMILES string of the molecule is CC(c1ccncc1)N(C)C(=O)c1cn(C2CCNCC2)nn1. The van der Waals surface area contributed by atoms with E-state index in [2.05, 4.69) is 20.6 Å². The van der Waals surface area contributed by atoms with Gasteiger partial charge in [-0.05, 0) is 50.6 Å². The fourth-order valence-electron chi connectivity index (χ4n) is 2.85. The molecule has 0 aliphatic carbocycles. The molecule has 0 saturated carbocycles. The Labute approximate surface area is 135 Å². The molecular formula is C16H22N6O. The van der Waals surface area contributed by atoms with Crippen LogP contribution in [0.1, 0.15) is 47.9 Å². The van der Waals surface area contributed by atoms with Crippen molar-refractivity contribution in [2.75, 3.05) is 20.1 Å². The van der Waals surface area contributed by atoms with Crippen molar-refractivity contribution in [2.24, 2.45) is 0 Å². The summed E-state index contributed by atoms with van der Waals surface area (Å²) in [5.74, 6) is -0.116. The van der Waals surface area contributed by atoms with Crippen LogP contribution in [0.2, 0.25) is 0 Å². The van der Waals surface area contributed by atoms with Crippen LogP contribution in [0.25, 0.3) is 0 Å².